The van der Waals surface area contributed by atoms with Crippen molar-refractivity contribution in [1.29, 1.82) is 0 Å². The number of aliphatic imine (C=N–C) groups is 1. The molecular formula is C22H34N6O2. The fourth-order valence-electron chi connectivity index (χ4n) is 3.70. The summed E-state index contributed by atoms with van der Waals surface area (Å²) >= 11 is 0. The molecule has 2 aliphatic rings. The van der Waals surface area contributed by atoms with Crippen LogP contribution in [0.2, 0.25) is 0 Å². The third kappa shape index (κ3) is 6.47. The van der Waals surface area contributed by atoms with Gasteiger partial charge in [0.05, 0.1) is 13.2 Å². The van der Waals surface area contributed by atoms with Crippen LogP contribution < -0.4 is 15.5 Å². The lowest BCUT2D eigenvalue weighted by Crippen LogP contribution is -2.54. The molecule has 1 saturated heterocycles. The summed E-state index contributed by atoms with van der Waals surface area (Å²) in [6.45, 7) is 7.65. The van der Waals surface area contributed by atoms with Crippen molar-refractivity contribution in [2.75, 3.05) is 78.0 Å². The summed E-state index contributed by atoms with van der Waals surface area (Å²) in [5.74, 6) is 0.961. The Hall–Kier alpha value is -2.58. The molecule has 0 saturated carbocycles. The van der Waals surface area contributed by atoms with Crippen LogP contribution in [-0.4, -0.2) is 94.8 Å². The third-order valence-corrected chi connectivity index (χ3v) is 5.45. The number of carbonyl (C=O) groups is 1. The minimum absolute atomic E-state index is 0.0520. The molecule has 0 radical (unpaired) electrons. The van der Waals surface area contributed by atoms with Crippen molar-refractivity contribution < 1.29 is 9.53 Å². The van der Waals surface area contributed by atoms with Gasteiger partial charge in [-0.2, -0.15) is 0 Å². The molecule has 30 heavy (non-hydrogen) atoms. The summed E-state index contributed by atoms with van der Waals surface area (Å²) in [4.78, 5) is 23.2. The van der Waals surface area contributed by atoms with Gasteiger partial charge in [-0.25, -0.2) is 0 Å². The number of nitrogens with zero attached hydrogens (tertiary/aromatic N) is 4. The zero-order valence-electron chi connectivity index (χ0n) is 18.1. The van der Waals surface area contributed by atoms with E-state index in [0.29, 0.717) is 19.7 Å². The first kappa shape index (κ1) is 22.1. The number of guanidine groups is 1. The number of hydrogen-bond donors (Lipinski definition) is 2. The van der Waals surface area contributed by atoms with Gasteiger partial charge in [-0.15, -0.1) is 0 Å². The van der Waals surface area contributed by atoms with Crippen LogP contribution in [0, 0.1) is 0 Å². The normalized spacial score (nSPS) is 17.5. The van der Waals surface area contributed by atoms with Gasteiger partial charge in [-0.1, -0.05) is 24.3 Å². The molecule has 0 aromatic heterocycles. The largest absolute Gasteiger partial charge is 0.383 e. The summed E-state index contributed by atoms with van der Waals surface area (Å²) in [6, 6.07) is 8.72. The predicted molar refractivity (Wildman–Crippen MR) is 121 cm³/mol. The molecule has 1 aromatic rings. The smallest absolute Gasteiger partial charge is 0.234 e. The molecule has 1 aromatic carbocycles. The molecule has 0 unspecified atom stereocenters. The van der Waals surface area contributed by atoms with E-state index in [1.54, 1.807) is 7.11 Å². The minimum atomic E-state index is 0.0520. The maximum atomic E-state index is 12.0. The van der Waals surface area contributed by atoms with E-state index in [1.807, 2.05) is 7.05 Å². The van der Waals surface area contributed by atoms with E-state index < -0.39 is 0 Å². The highest BCUT2D eigenvalue weighted by molar-refractivity contribution is 5.80. The van der Waals surface area contributed by atoms with Gasteiger partial charge < -0.3 is 25.2 Å². The number of amides is 1. The number of piperazine rings is 1. The first-order valence-electron chi connectivity index (χ1n) is 10.6. The highest BCUT2D eigenvalue weighted by Gasteiger charge is 2.21. The zero-order valence-corrected chi connectivity index (χ0v) is 18.1. The standard InChI is InChI=1S/C22H34N6O2/c1-23-22(25-17-19-5-7-20(8-6-19)27-10-3-4-11-27)28-14-12-26(13-15-28)18-21(29)24-9-16-30-2/h3-8H,9-18H2,1-2H3,(H,23,25)(H,24,29). The highest BCUT2D eigenvalue weighted by atomic mass is 16.5. The number of anilines is 1. The van der Waals surface area contributed by atoms with Gasteiger partial charge in [0, 0.05) is 72.2 Å². The van der Waals surface area contributed by atoms with Crippen LogP contribution in [-0.2, 0) is 16.1 Å². The van der Waals surface area contributed by atoms with E-state index in [2.05, 4.69) is 66.7 Å². The van der Waals surface area contributed by atoms with Crippen LogP contribution >= 0.6 is 0 Å². The van der Waals surface area contributed by atoms with E-state index in [4.69, 9.17) is 4.74 Å². The molecule has 164 valence electrons. The third-order valence-electron chi connectivity index (χ3n) is 5.45. The number of nitrogens with one attached hydrogen (secondary N) is 2. The number of carbonyl (C=O) groups excluding carboxylic acids is 1. The zero-order chi connectivity index (χ0) is 21.2. The quantitative estimate of drug-likeness (QED) is 0.280. The molecule has 2 heterocycles. The fraction of sp³-hybridized carbons (Fsp3) is 0.545. The number of benzene rings is 1. The Morgan fingerprint density at radius 2 is 1.77 bits per heavy atom. The van der Waals surface area contributed by atoms with Gasteiger partial charge in [-0.3, -0.25) is 14.7 Å². The van der Waals surface area contributed by atoms with Crippen LogP contribution in [0.3, 0.4) is 0 Å². The molecule has 0 bridgehead atoms. The van der Waals surface area contributed by atoms with Crippen molar-refractivity contribution in [3.05, 3.63) is 42.0 Å². The fourth-order valence-corrected chi connectivity index (χ4v) is 3.70. The van der Waals surface area contributed by atoms with E-state index in [1.165, 1.54) is 11.3 Å². The molecule has 2 N–H and O–H groups in total. The van der Waals surface area contributed by atoms with Gasteiger partial charge in [-0.05, 0) is 17.7 Å². The van der Waals surface area contributed by atoms with Gasteiger partial charge in [0.25, 0.3) is 0 Å². The Morgan fingerprint density at radius 1 is 1.07 bits per heavy atom. The number of methoxy groups -OCH3 is 1. The van der Waals surface area contributed by atoms with E-state index >= 15 is 0 Å². The molecule has 1 amide bonds. The topological polar surface area (TPSA) is 72.4 Å². The highest BCUT2D eigenvalue weighted by Crippen LogP contribution is 2.17. The molecule has 0 aliphatic carbocycles. The second kappa shape index (κ2) is 11.6. The average Bonchev–Trinajstić information content (AvgIpc) is 3.31. The van der Waals surface area contributed by atoms with Crippen molar-refractivity contribution >= 4 is 17.6 Å². The Balaban J connectivity index is 1.40. The van der Waals surface area contributed by atoms with Crippen molar-refractivity contribution in [2.45, 2.75) is 6.54 Å². The van der Waals surface area contributed by atoms with Crippen molar-refractivity contribution in [2.24, 2.45) is 4.99 Å². The summed E-state index contributed by atoms with van der Waals surface area (Å²) in [7, 11) is 3.45. The molecule has 2 aliphatic heterocycles. The van der Waals surface area contributed by atoms with Gasteiger partial charge in [0.2, 0.25) is 5.91 Å². The van der Waals surface area contributed by atoms with Crippen molar-refractivity contribution in [1.82, 2.24) is 20.4 Å². The van der Waals surface area contributed by atoms with Crippen LogP contribution in [0.4, 0.5) is 5.69 Å². The molecule has 1 fully saturated rings. The summed E-state index contributed by atoms with van der Waals surface area (Å²) < 4.78 is 4.96. The molecule has 8 heteroatoms. The SMILES string of the molecule is CN=C(NCc1ccc(N2CC=CC2)cc1)N1CCN(CC(=O)NCCOC)CC1. The molecular weight excluding hydrogens is 380 g/mol. The molecule has 3 rings (SSSR count). The van der Waals surface area contributed by atoms with E-state index in [-0.39, 0.29) is 5.91 Å². The van der Waals surface area contributed by atoms with Crippen molar-refractivity contribution in [3.8, 4) is 0 Å². The maximum Gasteiger partial charge on any atom is 0.234 e. The van der Waals surface area contributed by atoms with Crippen LogP contribution in [0.25, 0.3) is 0 Å². The Bertz CT molecular complexity index is 718. The molecule has 0 atom stereocenters. The lowest BCUT2D eigenvalue weighted by atomic mass is 10.2. The first-order chi connectivity index (χ1) is 14.7. The monoisotopic (exact) mass is 414 g/mol. The maximum absolute atomic E-state index is 12.0. The second-order valence-corrected chi connectivity index (χ2v) is 7.55. The van der Waals surface area contributed by atoms with Gasteiger partial charge in [0.15, 0.2) is 5.96 Å². The summed E-state index contributed by atoms with van der Waals surface area (Å²) in [5.41, 5.74) is 2.49. The van der Waals surface area contributed by atoms with Crippen LogP contribution in [0.1, 0.15) is 5.56 Å². The molecule has 0 spiro atoms. The lowest BCUT2D eigenvalue weighted by Gasteiger charge is -2.36. The summed E-state index contributed by atoms with van der Waals surface area (Å²) in [5, 5.41) is 6.35. The number of hydrogen-bond acceptors (Lipinski definition) is 5. The van der Waals surface area contributed by atoms with Gasteiger partial charge >= 0.3 is 0 Å². The van der Waals surface area contributed by atoms with E-state index in [0.717, 1.165) is 51.8 Å². The van der Waals surface area contributed by atoms with Crippen LogP contribution in [0.15, 0.2) is 41.4 Å². The predicted octanol–water partition coefficient (Wildman–Crippen LogP) is 0.518. The Morgan fingerprint density at radius 3 is 2.40 bits per heavy atom. The number of ether oxygens (including phenoxy) is 1. The van der Waals surface area contributed by atoms with E-state index in [9.17, 15) is 4.79 Å². The number of rotatable bonds is 8. The van der Waals surface area contributed by atoms with Crippen LogP contribution in [0.5, 0.6) is 0 Å². The van der Waals surface area contributed by atoms with Gasteiger partial charge in [0.1, 0.15) is 0 Å². The molecule has 8 nitrogen and oxygen atoms in total. The second-order valence-electron chi connectivity index (χ2n) is 7.55. The minimum Gasteiger partial charge on any atom is -0.383 e. The average molecular weight is 415 g/mol. The Kier molecular flexibility index (Phi) is 8.53. The first-order valence-corrected chi connectivity index (χ1v) is 10.6. The summed E-state index contributed by atoms with van der Waals surface area (Å²) in [6.07, 6.45) is 4.40. The lowest BCUT2D eigenvalue weighted by molar-refractivity contribution is -0.122. The Labute approximate surface area is 179 Å². The van der Waals surface area contributed by atoms with Crippen molar-refractivity contribution in [3.63, 3.8) is 0 Å².